The maximum atomic E-state index is 12.4. The van der Waals surface area contributed by atoms with E-state index < -0.39 is 28.5 Å². The summed E-state index contributed by atoms with van der Waals surface area (Å²) in [6.07, 6.45) is 1.67. The molecule has 2 aromatic rings. The molecule has 7 nitrogen and oxygen atoms in total. The lowest BCUT2D eigenvalue weighted by Gasteiger charge is -2.21. The van der Waals surface area contributed by atoms with Gasteiger partial charge in [0.05, 0.1) is 17.5 Å². The van der Waals surface area contributed by atoms with Crippen molar-refractivity contribution < 1.29 is 22.7 Å². The van der Waals surface area contributed by atoms with Crippen molar-refractivity contribution in [2.24, 2.45) is 0 Å². The molecular formula is C21H24N2O5S. The minimum absolute atomic E-state index is 0.214. The molecule has 0 bridgehead atoms. The van der Waals surface area contributed by atoms with Gasteiger partial charge in [-0.05, 0) is 62.1 Å². The van der Waals surface area contributed by atoms with Crippen LogP contribution in [0.1, 0.15) is 34.0 Å². The average Bonchev–Trinajstić information content (AvgIpc) is 2.97. The normalized spacial score (nSPS) is 15.7. The molecule has 29 heavy (non-hydrogen) atoms. The molecule has 1 atom stereocenters. The molecule has 1 aliphatic heterocycles. The zero-order chi connectivity index (χ0) is 21.3. The number of amides is 1. The van der Waals surface area contributed by atoms with Crippen molar-refractivity contribution in [1.29, 1.82) is 0 Å². The quantitative estimate of drug-likeness (QED) is 0.757. The molecule has 1 amide bonds. The molecule has 154 valence electrons. The van der Waals surface area contributed by atoms with Crippen LogP contribution in [0, 0.1) is 13.8 Å². The molecule has 1 heterocycles. The second-order valence-corrected chi connectivity index (χ2v) is 9.21. The topological polar surface area (TPSA) is 92.8 Å². The molecule has 0 radical (unpaired) electrons. The Morgan fingerprint density at radius 3 is 2.45 bits per heavy atom. The Balaban J connectivity index is 1.67. The van der Waals surface area contributed by atoms with Crippen LogP contribution in [0.3, 0.4) is 0 Å². The highest BCUT2D eigenvalue weighted by molar-refractivity contribution is 7.92. The van der Waals surface area contributed by atoms with Crippen LogP contribution in [0.2, 0.25) is 0 Å². The first-order valence-electron chi connectivity index (χ1n) is 9.23. The van der Waals surface area contributed by atoms with E-state index in [0.29, 0.717) is 17.8 Å². The van der Waals surface area contributed by atoms with Crippen LogP contribution in [0.5, 0.6) is 0 Å². The molecule has 0 aromatic heterocycles. The van der Waals surface area contributed by atoms with Crippen LogP contribution in [-0.2, 0) is 26.0 Å². The Morgan fingerprint density at radius 1 is 1.17 bits per heavy atom. The van der Waals surface area contributed by atoms with Crippen LogP contribution >= 0.6 is 0 Å². The highest BCUT2D eigenvalue weighted by Gasteiger charge is 2.33. The van der Waals surface area contributed by atoms with E-state index in [-0.39, 0.29) is 11.6 Å². The lowest BCUT2D eigenvalue weighted by molar-refractivity contribution is -0.119. The summed E-state index contributed by atoms with van der Waals surface area (Å²) in [6.45, 7) is 5.19. The van der Waals surface area contributed by atoms with Gasteiger partial charge in [-0.25, -0.2) is 13.2 Å². The number of hydrogen-bond acceptors (Lipinski definition) is 5. The molecule has 3 rings (SSSR count). The summed E-state index contributed by atoms with van der Waals surface area (Å²) >= 11 is 0. The van der Waals surface area contributed by atoms with Crippen molar-refractivity contribution >= 4 is 33.3 Å². The molecule has 0 saturated heterocycles. The number of hydrogen-bond donors (Lipinski definition) is 1. The predicted molar refractivity (Wildman–Crippen MR) is 112 cm³/mol. The lowest BCUT2D eigenvalue weighted by atomic mass is 10.1. The first-order valence-corrected chi connectivity index (χ1v) is 11.1. The molecule has 0 spiro atoms. The summed E-state index contributed by atoms with van der Waals surface area (Å²) in [4.78, 5) is 24.5. The third kappa shape index (κ3) is 4.42. The monoisotopic (exact) mass is 416 g/mol. The molecule has 1 unspecified atom stereocenters. The van der Waals surface area contributed by atoms with Crippen molar-refractivity contribution in [2.45, 2.75) is 33.2 Å². The standard InChI is InChI=1S/C21H24N2O5S/c1-13-6-5-7-14(2)20(13)22-19(24)12-28-21(25)16-8-9-18-17(11-16)10-15(3)23(18)29(4,26)27/h5-9,11,15H,10,12H2,1-4H3,(H,22,24). The smallest absolute Gasteiger partial charge is 0.338 e. The van der Waals surface area contributed by atoms with Crippen molar-refractivity contribution in [3.63, 3.8) is 0 Å². The van der Waals surface area contributed by atoms with E-state index in [9.17, 15) is 18.0 Å². The Morgan fingerprint density at radius 2 is 1.83 bits per heavy atom. The Hall–Kier alpha value is -2.87. The summed E-state index contributed by atoms with van der Waals surface area (Å²) in [7, 11) is -3.39. The van der Waals surface area contributed by atoms with E-state index >= 15 is 0 Å². The van der Waals surface area contributed by atoms with E-state index in [1.165, 1.54) is 10.4 Å². The van der Waals surface area contributed by atoms with Crippen molar-refractivity contribution in [1.82, 2.24) is 0 Å². The lowest BCUT2D eigenvalue weighted by Crippen LogP contribution is -2.34. The number of nitrogens with zero attached hydrogens (tertiary/aromatic N) is 1. The summed E-state index contributed by atoms with van der Waals surface area (Å²) in [5.41, 5.74) is 4.18. The van der Waals surface area contributed by atoms with Gasteiger partial charge in [-0.15, -0.1) is 0 Å². The van der Waals surface area contributed by atoms with E-state index in [1.807, 2.05) is 39.0 Å². The second-order valence-electron chi connectivity index (χ2n) is 7.35. The van der Waals surface area contributed by atoms with Crippen LogP contribution in [-0.4, -0.2) is 39.2 Å². The van der Waals surface area contributed by atoms with Crippen LogP contribution in [0.15, 0.2) is 36.4 Å². The maximum Gasteiger partial charge on any atom is 0.338 e. The molecular weight excluding hydrogens is 392 g/mol. The number of aryl methyl sites for hydroxylation is 2. The molecule has 0 fully saturated rings. The number of benzene rings is 2. The summed E-state index contributed by atoms with van der Waals surface area (Å²) in [5.74, 6) is -1.05. The van der Waals surface area contributed by atoms with E-state index in [1.54, 1.807) is 12.1 Å². The number of sulfonamides is 1. The zero-order valence-electron chi connectivity index (χ0n) is 16.9. The number of esters is 1. The molecule has 1 aliphatic rings. The minimum atomic E-state index is -3.39. The van der Waals surface area contributed by atoms with Gasteiger partial charge in [0.2, 0.25) is 10.0 Å². The third-order valence-electron chi connectivity index (χ3n) is 4.91. The van der Waals surface area contributed by atoms with Gasteiger partial charge in [-0.1, -0.05) is 18.2 Å². The van der Waals surface area contributed by atoms with E-state index in [4.69, 9.17) is 4.74 Å². The zero-order valence-corrected chi connectivity index (χ0v) is 17.7. The summed E-state index contributed by atoms with van der Waals surface area (Å²) in [6, 6.07) is 10.2. The SMILES string of the molecule is Cc1cccc(C)c1NC(=O)COC(=O)c1ccc2c(c1)CC(C)N2S(C)(=O)=O. The van der Waals surface area contributed by atoms with Crippen molar-refractivity contribution in [3.05, 3.63) is 58.7 Å². The molecule has 2 aromatic carbocycles. The number of nitrogens with one attached hydrogen (secondary N) is 1. The number of para-hydroxylation sites is 1. The summed E-state index contributed by atoms with van der Waals surface area (Å²) < 4.78 is 30.5. The van der Waals surface area contributed by atoms with Gasteiger partial charge in [-0.2, -0.15) is 0 Å². The number of anilines is 2. The van der Waals surface area contributed by atoms with Crippen LogP contribution in [0.25, 0.3) is 0 Å². The Labute approximate surface area is 170 Å². The number of carbonyl (C=O) groups excluding carboxylic acids is 2. The fourth-order valence-corrected chi connectivity index (χ4v) is 4.90. The second kappa shape index (κ2) is 7.87. The van der Waals surface area contributed by atoms with Gasteiger partial charge in [0.1, 0.15) is 0 Å². The Bertz CT molecular complexity index is 1060. The fraction of sp³-hybridized carbons (Fsp3) is 0.333. The maximum absolute atomic E-state index is 12.4. The predicted octanol–water partition coefficient (Wildman–Crippen LogP) is 2.81. The average molecular weight is 416 g/mol. The summed E-state index contributed by atoms with van der Waals surface area (Å²) in [5, 5.41) is 2.77. The largest absolute Gasteiger partial charge is 0.452 e. The van der Waals surface area contributed by atoms with Gasteiger partial charge in [-0.3, -0.25) is 9.10 Å². The van der Waals surface area contributed by atoms with E-state index in [2.05, 4.69) is 5.32 Å². The third-order valence-corrected chi connectivity index (χ3v) is 6.18. The Kier molecular flexibility index (Phi) is 5.66. The minimum Gasteiger partial charge on any atom is -0.452 e. The molecule has 1 N–H and O–H groups in total. The fourth-order valence-electron chi connectivity index (χ4n) is 3.64. The molecule has 0 saturated carbocycles. The van der Waals surface area contributed by atoms with Gasteiger partial charge in [0.15, 0.2) is 6.61 Å². The molecule has 0 aliphatic carbocycles. The molecule has 8 heteroatoms. The van der Waals surface area contributed by atoms with Crippen LogP contribution in [0.4, 0.5) is 11.4 Å². The van der Waals surface area contributed by atoms with Gasteiger partial charge in [0, 0.05) is 11.7 Å². The highest BCUT2D eigenvalue weighted by atomic mass is 32.2. The number of carbonyl (C=O) groups is 2. The first kappa shape index (κ1) is 20.9. The number of ether oxygens (including phenoxy) is 1. The van der Waals surface area contributed by atoms with Gasteiger partial charge in [0.25, 0.3) is 5.91 Å². The highest BCUT2D eigenvalue weighted by Crippen LogP contribution is 2.34. The van der Waals surface area contributed by atoms with Gasteiger partial charge < -0.3 is 10.1 Å². The number of fused-ring (bicyclic) bond motifs is 1. The van der Waals surface area contributed by atoms with E-state index in [0.717, 1.165) is 22.9 Å². The van der Waals surface area contributed by atoms with Crippen molar-refractivity contribution in [2.75, 3.05) is 22.5 Å². The van der Waals surface area contributed by atoms with Gasteiger partial charge >= 0.3 is 5.97 Å². The first-order chi connectivity index (χ1) is 13.6. The van der Waals surface area contributed by atoms with Crippen molar-refractivity contribution in [3.8, 4) is 0 Å². The number of rotatable bonds is 5. The van der Waals surface area contributed by atoms with Crippen LogP contribution < -0.4 is 9.62 Å².